The number of nitrogens with zero attached hydrogens (tertiary/aromatic N) is 1. The first-order valence-corrected chi connectivity index (χ1v) is 6.06. The third-order valence-corrected chi connectivity index (χ3v) is 3.88. The topological polar surface area (TPSA) is 17.0 Å². The highest BCUT2D eigenvalue weighted by Gasteiger charge is 2.20. The Morgan fingerprint density at radius 2 is 2.25 bits per heavy atom. The number of fused-ring (bicyclic) bond motifs is 3. The molecule has 0 fully saturated rings. The van der Waals surface area contributed by atoms with E-state index in [0.717, 1.165) is 23.7 Å². The Hall–Kier alpha value is -0.990. The minimum absolute atomic E-state index is 0.473. The molecule has 2 aromatic rings. The van der Waals surface area contributed by atoms with Crippen LogP contribution in [-0.4, -0.2) is 11.1 Å². The van der Waals surface area contributed by atoms with Gasteiger partial charge in [0.25, 0.3) is 0 Å². The molecule has 0 spiro atoms. The largest absolute Gasteiger partial charge is 0.338 e. The maximum atomic E-state index is 6.43. The van der Waals surface area contributed by atoms with Gasteiger partial charge in [0.15, 0.2) is 0 Å². The number of hydrogen-bond acceptors (Lipinski definition) is 1. The standard InChI is InChI=1S/C13H15ClN2/c1-8-3-4-10-5-11-7-15-6-9(2)16(11)13(10)12(8)14/h3-5,9,15H,6-7H2,1-2H3. The summed E-state index contributed by atoms with van der Waals surface area (Å²) in [4.78, 5) is 0. The third-order valence-electron chi connectivity index (χ3n) is 3.40. The van der Waals surface area contributed by atoms with Crippen LogP contribution in [-0.2, 0) is 6.54 Å². The Morgan fingerprint density at radius 3 is 3.06 bits per heavy atom. The first kappa shape index (κ1) is 10.2. The van der Waals surface area contributed by atoms with E-state index in [1.165, 1.54) is 16.6 Å². The van der Waals surface area contributed by atoms with Gasteiger partial charge in [-0.15, -0.1) is 0 Å². The molecule has 2 heterocycles. The average molecular weight is 235 g/mol. The number of halogens is 1. The van der Waals surface area contributed by atoms with Crippen molar-refractivity contribution in [2.75, 3.05) is 6.54 Å². The zero-order valence-electron chi connectivity index (χ0n) is 9.55. The van der Waals surface area contributed by atoms with Crippen molar-refractivity contribution in [2.45, 2.75) is 26.4 Å². The summed E-state index contributed by atoms with van der Waals surface area (Å²) in [5.74, 6) is 0. The highest BCUT2D eigenvalue weighted by molar-refractivity contribution is 6.36. The van der Waals surface area contributed by atoms with Gasteiger partial charge in [-0.3, -0.25) is 0 Å². The molecule has 0 saturated heterocycles. The van der Waals surface area contributed by atoms with Crippen LogP contribution in [0.5, 0.6) is 0 Å². The lowest BCUT2D eigenvalue weighted by Crippen LogP contribution is -2.30. The van der Waals surface area contributed by atoms with Crippen LogP contribution in [0, 0.1) is 6.92 Å². The van der Waals surface area contributed by atoms with E-state index in [0.29, 0.717) is 6.04 Å². The lowest BCUT2D eigenvalue weighted by atomic mass is 10.2. The van der Waals surface area contributed by atoms with E-state index in [-0.39, 0.29) is 0 Å². The van der Waals surface area contributed by atoms with Crippen LogP contribution in [0.2, 0.25) is 5.02 Å². The minimum atomic E-state index is 0.473. The van der Waals surface area contributed by atoms with Gasteiger partial charge >= 0.3 is 0 Å². The Kier molecular flexibility index (Phi) is 2.23. The Balaban J connectivity index is 2.40. The molecule has 1 aromatic carbocycles. The second-order valence-electron chi connectivity index (χ2n) is 4.62. The number of benzene rings is 1. The van der Waals surface area contributed by atoms with Crippen molar-refractivity contribution in [3.63, 3.8) is 0 Å². The predicted octanol–water partition coefficient (Wildman–Crippen LogP) is 3.27. The van der Waals surface area contributed by atoms with Crippen molar-refractivity contribution in [3.8, 4) is 0 Å². The second-order valence-corrected chi connectivity index (χ2v) is 5.00. The average Bonchev–Trinajstić information content (AvgIpc) is 2.64. The summed E-state index contributed by atoms with van der Waals surface area (Å²) in [5.41, 5.74) is 3.69. The SMILES string of the molecule is Cc1ccc2cc3n(c2c1Cl)C(C)CNC3. The summed E-state index contributed by atoms with van der Waals surface area (Å²) in [7, 11) is 0. The maximum absolute atomic E-state index is 6.43. The number of aromatic nitrogens is 1. The second kappa shape index (κ2) is 3.51. The first-order chi connectivity index (χ1) is 7.68. The van der Waals surface area contributed by atoms with E-state index < -0.39 is 0 Å². The molecular formula is C13H15ClN2. The molecule has 1 aliphatic rings. The van der Waals surface area contributed by atoms with E-state index in [9.17, 15) is 0 Å². The first-order valence-electron chi connectivity index (χ1n) is 5.68. The van der Waals surface area contributed by atoms with Gasteiger partial charge in [-0.25, -0.2) is 0 Å². The molecule has 1 aromatic heterocycles. The van der Waals surface area contributed by atoms with Crippen LogP contribution in [0.3, 0.4) is 0 Å². The zero-order valence-corrected chi connectivity index (χ0v) is 10.3. The van der Waals surface area contributed by atoms with Crippen molar-refractivity contribution in [1.82, 2.24) is 9.88 Å². The molecule has 0 aliphatic carbocycles. The van der Waals surface area contributed by atoms with Crippen LogP contribution >= 0.6 is 11.6 Å². The van der Waals surface area contributed by atoms with Gasteiger partial charge in [-0.05, 0) is 25.5 Å². The summed E-state index contributed by atoms with van der Waals surface area (Å²) in [5, 5.41) is 5.57. The molecule has 0 bridgehead atoms. The van der Waals surface area contributed by atoms with Gasteiger partial charge < -0.3 is 9.88 Å². The minimum Gasteiger partial charge on any atom is -0.338 e. The third kappa shape index (κ3) is 1.30. The van der Waals surface area contributed by atoms with Crippen molar-refractivity contribution in [3.05, 3.63) is 34.5 Å². The monoisotopic (exact) mass is 234 g/mol. The summed E-state index contributed by atoms with van der Waals surface area (Å²) in [6.07, 6.45) is 0. The molecule has 1 N–H and O–H groups in total. The van der Waals surface area contributed by atoms with Gasteiger partial charge in [0.05, 0.1) is 10.5 Å². The summed E-state index contributed by atoms with van der Waals surface area (Å²) in [6.45, 7) is 6.25. The quantitative estimate of drug-likeness (QED) is 0.741. The number of aryl methyl sites for hydroxylation is 1. The van der Waals surface area contributed by atoms with Crippen LogP contribution in [0.4, 0.5) is 0 Å². The lowest BCUT2D eigenvalue weighted by Gasteiger charge is -2.25. The predicted molar refractivity (Wildman–Crippen MR) is 68.1 cm³/mol. The van der Waals surface area contributed by atoms with Crippen LogP contribution in [0.25, 0.3) is 10.9 Å². The van der Waals surface area contributed by atoms with Crippen molar-refractivity contribution in [2.24, 2.45) is 0 Å². The van der Waals surface area contributed by atoms with E-state index in [2.05, 4.69) is 41.9 Å². The fourth-order valence-electron chi connectivity index (χ4n) is 2.57. The van der Waals surface area contributed by atoms with Crippen molar-refractivity contribution < 1.29 is 0 Å². The van der Waals surface area contributed by atoms with Gasteiger partial charge in [-0.2, -0.15) is 0 Å². The molecule has 3 heteroatoms. The molecule has 1 atom stereocenters. The summed E-state index contributed by atoms with van der Waals surface area (Å²) >= 11 is 6.43. The Morgan fingerprint density at radius 1 is 1.44 bits per heavy atom. The number of rotatable bonds is 0. The highest BCUT2D eigenvalue weighted by Crippen LogP contribution is 2.33. The molecule has 0 saturated carbocycles. The molecule has 84 valence electrons. The van der Waals surface area contributed by atoms with E-state index in [1.54, 1.807) is 0 Å². The smallest absolute Gasteiger partial charge is 0.0678 e. The number of hydrogen-bond donors (Lipinski definition) is 1. The van der Waals surface area contributed by atoms with E-state index in [4.69, 9.17) is 11.6 Å². The van der Waals surface area contributed by atoms with Gasteiger partial charge in [-0.1, -0.05) is 23.7 Å². The molecular weight excluding hydrogens is 220 g/mol. The highest BCUT2D eigenvalue weighted by atomic mass is 35.5. The molecule has 0 amide bonds. The molecule has 16 heavy (non-hydrogen) atoms. The molecule has 1 aliphatic heterocycles. The van der Waals surface area contributed by atoms with Crippen LogP contribution in [0.15, 0.2) is 18.2 Å². The molecule has 2 nitrogen and oxygen atoms in total. The lowest BCUT2D eigenvalue weighted by molar-refractivity contribution is 0.439. The van der Waals surface area contributed by atoms with Gasteiger partial charge in [0.2, 0.25) is 0 Å². The Labute approximate surface area is 100 Å². The van der Waals surface area contributed by atoms with Crippen LogP contribution < -0.4 is 5.32 Å². The summed E-state index contributed by atoms with van der Waals surface area (Å²) in [6, 6.07) is 6.97. The fraction of sp³-hybridized carbons (Fsp3) is 0.385. The van der Waals surface area contributed by atoms with E-state index in [1.807, 2.05) is 0 Å². The zero-order chi connectivity index (χ0) is 11.3. The van der Waals surface area contributed by atoms with Crippen molar-refractivity contribution in [1.29, 1.82) is 0 Å². The van der Waals surface area contributed by atoms with Gasteiger partial charge in [0.1, 0.15) is 0 Å². The molecule has 0 radical (unpaired) electrons. The molecule has 1 unspecified atom stereocenters. The van der Waals surface area contributed by atoms with E-state index >= 15 is 0 Å². The molecule has 3 rings (SSSR count). The number of nitrogens with one attached hydrogen (secondary N) is 1. The van der Waals surface area contributed by atoms with Crippen LogP contribution in [0.1, 0.15) is 24.2 Å². The maximum Gasteiger partial charge on any atom is 0.0678 e. The van der Waals surface area contributed by atoms with Gasteiger partial charge in [0, 0.05) is 30.2 Å². The van der Waals surface area contributed by atoms with Crippen molar-refractivity contribution >= 4 is 22.5 Å². The normalized spacial score (nSPS) is 20.1. The Bertz CT molecular complexity index is 557. The fourth-order valence-corrected chi connectivity index (χ4v) is 2.84. The summed E-state index contributed by atoms with van der Waals surface area (Å²) < 4.78 is 2.38.